The predicted octanol–water partition coefficient (Wildman–Crippen LogP) is 3.88. The molecule has 1 aromatic heterocycles. The van der Waals surface area contributed by atoms with E-state index < -0.39 is 0 Å². The van der Waals surface area contributed by atoms with Gasteiger partial charge in [0.15, 0.2) is 5.16 Å². The first-order valence-electron chi connectivity index (χ1n) is 10.3. The van der Waals surface area contributed by atoms with Crippen LogP contribution in [0.15, 0.2) is 59.8 Å². The average Bonchev–Trinajstić information content (AvgIpc) is 3.11. The molecule has 3 aromatic rings. The van der Waals surface area contributed by atoms with Gasteiger partial charge in [-0.15, -0.1) is 0 Å². The molecule has 1 amide bonds. The van der Waals surface area contributed by atoms with Crippen LogP contribution in [0.4, 0.5) is 0 Å². The molecule has 1 saturated heterocycles. The predicted molar refractivity (Wildman–Crippen MR) is 119 cm³/mol. The number of para-hydroxylation sites is 2. The normalized spacial score (nSPS) is 16.3. The number of piperazine rings is 1. The fraction of sp³-hybridized carbons (Fsp3) is 0.391. The second-order valence-corrected chi connectivity index (χ2v) is 8.78. The third-order valence-corrected chi connectivity index (χ3v) is 6.58. The van der Waals surface area contributed by atoms with Crippen molar-refractivity contribution in [2.75, 3.05) is 26.2 Å². The van der Waals surface area contributed by atoms with E-state index in [4.69, 9.17) is 4.98 Å². The van der Waals surface area contributed by atoms with E-state index in [0.29, 0.717) is 0 Å². The Bertz CT molecular complexity index is 963. The summed E-state index contributed by atoms with van der Waals surface area (Å²) in [6, 6.07) is 18.7. The average molecular weight is 409 g/mol. The fourth-order valence-corrected chi connectivity index (χ4v) is 4.95. The Kier molecular flexibility index (Phi) is 6.21. The number of rotatable bonds is 6. The Labute approximate surface area is 176 Å². The standard InChI is InChI=1S/C23H28N4OS/c1-3-27-21-12-8-7-11-20(21)24-23(27)29-18(2)22(28)26-15-13-25(14-16-26)17-19-9-5-4-6-10-19/h4-12,18H,3,13-17H2,1-2H3. The largest absolute Gasteiger partial charge is 0.339 e. The van der Waals surface area contributed by atoms with Crippen LogP contribution in [0.25, 0.3) is 11.0 Å². The van der Waals surface area contributed by atoms with Gasteiger partial charge in [0.2, 0.25) is 5.91 Å². The molecule has 2 heterocycles. The van der Waals surface area contributed by atoms with E-state index in [1.54, 1.807) is 11.8 Å². The summed E-state index contributed by atoms with van der Waals surface area (Å²) in [7, 11) is 0. The highest BCUT2D eigenvalue weighted by atomic mass is 32.2. The van der Waals surface area contributed by atoms with Gasteiger partial charge in [-0.1, -0.05) is 54.2 Å². The lowest BCUT2D eigenvalue weighted by Gasteiger charge is -2.35. The molecule has 2 aromatic carbocycles. The molecule has 0 aliphatic carbocycles. The molecule has 1 fully saturated rings. The van der Waals surface area contributed by atoms with Gasteiger partial charge in [0.1, 0.15) is 0 Å². The van der Waals surface area contributed by atoms with Crippen molar-refractivity contribution in [3.8, 4) is 0 Å². The Morgan fingerprint density at radius 2 is 1.72 bits per heavy atom. The number of aromatic nitrogens is 2. The zero-order valence-corrected chi connectivity index (χ0v) is 17.9. The zero-order valence-electron chi connectivity index (χ0n) is 17.1. The minimum Gasteiger partial charge on any atom is -0.339 e. The maximum Gasteiger partial charge on any atom is 0.235 e. The van der Waals surface area contributed by atoms with Crippen LogP contribution >= 0.6 is 11.8 Å². The Morgan fingerprint density at radius 3 is 2.45 bits per heavy atom. The highest BCUT2D eigenvalue weighted by molar-refractivity contribution is 8.00. The molecule has 1 atom stereocenters. The van der Waals surface area contributed by atoms with E-state index in [2.05, 4.69) is 46.7 Å². The number of carbonyl (C=O) groups is 1. The van der Waals surface area contributed by atoms with Crippen LogP contribution in [0, 0.1) is 0 Å². The quantitative estimate of drug-likeness (QED) is 0.581. The van der Waals surface area contributed by atoms with Crippen LogP contribution in [0.1, 0.15) is 19.4 Å². The summed E-state index contributed by atoms with van der Waals surface area (Å²) in [4.78, 5) is 22.2. The van der Waals surface area contributed by atoms with E-state index in [0.717, 1.165) is 55.5 Å². The lowest BCUT2D eigenvalue weighted by atomic mass is 10.2. The minimum absolute atomic E-state index is 0.141. The van der Waals surface area contributed by atoms with Crippen LogP contribution < -0.4 is 0 Å². The third-order valence-electron chi connectivity index (χ3n) is 5.50. The second kappa shape index (κ2) is 9.01. The van der Waals surface area contributed by atoms with Gasteiger partial charge >= 0.3 is 0 Å². The minimum atomic E-state index is -0.141. The van der Waals surface area contributed by atoms with Gasteiger partial charge in [-0.25, -0.2) is 4.98 Å². The number of amides is 1. The number of carbonyl (C=O) groups excluding carboxylic acids is 1. The van der Waals surface area contributed by atoms with Crippen LogP contribution in [0.2, 0.25) is 0 Å². The molecule has 5 nitrogen and oxygen atoms in total. The molecular formula is C23H28N4OS. The van der Waals surface area contributed by atoms with Gasteiger partial charge in [0.05, 0.1) is 16.3 Å². The summed E-state index contributed by atoms with van der Waals surface area (Å²) in [5, 5.41) is 0.787. The van der Waals surface area contributed by atoms with Crippen molar-refractivity contribution in [1.29, 1.82) is 0 Å². The number of nitrogens with zero attached hydrogens (tertiary/aromatic N) is 4. The fourth-order valence-electron chi connectivity index (χ4n) is 3.88. The first-order chi connectivity index (χ1) is 14.2. The summed E-state index contributed by atoms with van der Waals surface area (Å²) in [5.41, 5.74) is 3.45. The second-order valence-electron chi connectivity index (χ2n) is 7.47. The van der Waals surface area contributed by atoms with Crippen LogP contribution in [0.3, 0.4) is 0 Å². The summed E-state index contributed by atoms with van der Waals surface area (Å²) < 4.78 is 2.20. The van der Waals surface area contributed by atoms with E-state index in [-0.39, 0.29) is 11.2 Å². The lowest BCUT2D eigenvalue weighted by Crippen LogP contribution is -2.50. The highest BCUT2D eigenvalue weighted by Gasteiger charge is 2.27. The molecule has 1 aliphatic rings. The van der Waals surface area contributed by atoms with Gasteiger partial charge < -0.3 is 9.47 Å². The molecule has 152 valence electrons. The van der Waals surface area contributed by atoms with Crippen LogP contribution in [0.5, 0.6) is 0 Å². The molecule has 0 radical (unpaired) electrons. The molecule has 4 rings (SSSR count). The summed E-state index contributed by atoms with van der Waals surface area (Å²) >= 11 is 1.57. The summed E-state index contributed by atoms with van der Waals surface area (Å²) in [6.45, 7) is 9.35. The van der Waals surface area contributed by atoms with E-state index in [1.165, 1.54) is 5.56 Å². The van der Waals surface area contributed by atoms with Crippen molar-refractivity contribution in [2.45, 2.75) is 37.3 Å². The third kappa shape index (κ3) is 4.49. The van der Waals surface area contributed by atoms with Gasteiger partial charge in [-0.05, 0) is 31.5 Å². The number of fused-ring (bicyclic) bond motifs is 1. The van der Waals surface area contributed by atoms with E-state index >= 15 is 0 Å². The Morgan fingerprint density at radius 1 is 1.03 bits per heavy atom. The molecule has 0 bridgehead atoms. The van der Waals surface area contributed by atoms with Gasteiger partial charge in [-0.2, -0.15) is 0 Å². The molecule has 0 spiro atoms. The van der Waals surface area contributed by atoms with Gasteiger partial charge in [0, 0.05) is 39.3 Å². The first-order valence-corrected chi connectivity index (χ1v) is 11.2. The molecule has 1 unspecified atom stereocenters. The van der Waals surface area contributed by atoms with Gasteiger partial charge in [-0.3, -0.25) is 9.69 Å². The Hall–Kier alpha value is -2.31. The number of hydrogen-bond donors (Lipinski definition) is 0. The number of benzene rings is 2. The van der Waals surface area contributed by atoms with Gasteiger partial charge in [0.25, 0.3) is 0 Å². The van der Waals surface area contributed by atoms with Crippen molar-refractivity contribution < 1.29 is 4.79 Å². The monoisotopic (exact) mass is 408 g/mol. The van der Waals surface area contributed by atoms with Crippen molar-refractivity contribution in [3.63, 3.8) is 0 Å². The van der Waals surface area contributed by atoms with E-state index in [1.807, 2.05) is 36.1 Å². The summed E-state index contributed by atoms with van der Waals surface area (Å²) in [5.74, 6) is 0.212. The molecule has 1 aliphatic heterocycles. The number of imidazole rings is 1. The topological polar surface area (TPSA) is 41.4 Å². The lowest BCUT2D eigenvalue weighted by molar-refractivity contribution is -0.132. The van der Waals surface area contributed by atoms with Crippen molar-refractivity contribution in [3.05, 3.63) is 60.2 Å². The van der Waals surface area contributed by atoms with Crippen molar-refractivity contribution in [1.82, 2.24) is 19.4 Å². The molecule has 0 saturated carbocycles. The highest BCUT2D eigenvalue weighted by Crippen LogP contribution is 2.28. The number of hydrogen-bond acceptors (Lipinski definition) is 4. The van der Waals surface area contributed by atoms with Crippen LogP contribution in [-0.2, 0) is 17.9 Å². The molecule has 0 N–H and O–H groups in total. The molecular weight excluding hydrogens is 380 g/mol. The van der Waals surface area contributed by atoms with Crippen molar-refractivity contribution >= 4 is 28.7 Å². The zero-order chi connectivity index (χ0) is 20.2. The maximum atomic E-state index is 13.0. The summed E-state index contributed by atoms with van der Waals surface area (Å²) in [6.07, 6.45) is 0. The molecule has 6 heteroatoms. The van der Waals surface area contributed by atoms with E-state index in [9.17, 15) is 4.79 Å². The smallest absolute Gasteiger partial charge is 0.235 e. The first kappa shape index (κ1) is 20.0. The SMILES string of the molecule is CCn1c(SC(C)C(=O)N2CCN(Cc3ccccc3)CC2)nc2ccccc21. The maximum absolute atomic E-state index is 13.0. The number of aryl methyl sites for hydroxylation is 1. The number of thioether (sulfide) groups is 1. The molecule has 29 heavy (non-hydrogen) atoms. The Balaban J connectivity index is 1.35. The van der Waals surface area contributed by atoms with Crippen molar-refractivity contribution in [2.24, 2.45) is 0 Å². The van der Waals surface area contributed by atoms with Crippen LogP contribution in [-0.4, -0.2) is 56.7 Å².